The molecule has 0 unspecified atom stereocenters. The predicted molar refractivity (Wildman–Crippen MR) is 61.9 cm³/mol. The summed E-state index contributed by atoms with van der Waals surface area (Å²) in [7, 11) is 0. The van der Waals surface area contributed by atoms with Gasteiger partial charge in [0.05, 0.1) is 0 Å². The van der Waals surface area contributed by atoms with E-state index in [-0.39, 0.29) is 0 Å². The highest BCUT2D eigenvalue weighted by Crippen LogP contribution is 2.21. The summed E-state index contributed by atoms with van der Waals surface area (Å²) in [6, 6.07) is 4.25. The van der Waals surface area contributed by atoms with E-state index in [1.54, 1.807) is 0 Å². The normalized spacial score (nSPS) is 11.1. The lowest BCUT2D eigenvalue weighted by molar-refractivity contribution is 0.864. The molecular formula is C12H17N3. The Morgan fingerprint density at radius 1 is 1.07 bits per heavy atom. The average molecular weight is 203 g/mol. The van der Waals surface area contributed by atoms with Crippen molar-refractivity contribution in [3.05, 3.63) is 23.3 Å². The molecule has 15 heavy (non-hydrogen) atoms. The maximum atomic E-state index is 4.24. The number of rotatable bonds is 4. The minimum absolute atomic E-state index is 0.985. The fraction of sp³-hybridized carbons (Fsp3) is 0.500. The molecule has 0 saturated carbocycles. The number of fused-ring (bicyclic) bond motifs is 1. The topological polar surface area (TPSA) is 41.6 Å². The first-order valence-electron chi connectivity index (χ1n) is 5.68. The van der Waals surface area contributed by atoms with Crippen LogP contribution >= 0.6 is 0 Å². The van der Waals surface area contributed by atoms with Crippen molar-refractivity contribution >= 4 is 11.0 Å². The summed E-state index contributed by atoms with van der Waals surface area (Å²) in [4.78, 5) is 0. The number of H-pyrrole nitrogens is 1. The van der Waals surface area contributed by atoms with E-state index in [1.165, 1.54) is 17.5 Å². The van der Waals surface area contributed by atoms with Crippen LogP contribution in [0.4, 0.5) is 0 Å². The zero-order chi connectivity index (χ0) is 10.7. The van der Waals surface area contributed by atoms with Gasteiger partial charge in [0.15, 0.2) is 0 Å². The van der Waals surface area contributed by atoms with Gasteiger partial charge in [0, 0.05) is 0 Å². The average Bonchev–Trinajstić information content (AvgIpc) is 2.70. The van der Waals surface area contributed by atoms with Gasteiger partial charge in [0.1, 0.15) is 11.0 Å². The second-order valence-corrected chi connectivity index (χ2v) is 3.89. The minimum atomic E-state index is 0.985. The van der Waals surface area contributed by atoms with Gasteiger partial charge in [-0.15, -0.1) is 0 Å². The van der Waals surface area contributed by atoms with Crippen molar-refractivity contribution in [2.75, 3.05) is 0 Å². The van der Waals surface area contributed by atoms with Crippen molar-refractivity contribution < 1.29 is 0 Å². The van der Waals surface area contributed by atoms with Gasteiger partial charge in [-0.2, -0.15) is 15.4 Å². The molecule has 2 rings (SSSR count). The second-order valence-electron chi connectivity index (χ2n) is 3.89. The maximum absolute atomic E-state index is 4.24. The first-order valence-corrected chi connectivity index (χ1v) is 5.68. The molecular weight excluding hydrogens is 186 g/mol. The molecule has 2 aromatic rings. The molecule has 3 heteroatoms. The Labute approximate surface area is 89.9 Å². The third-order valence-electron chi connectivity index (χ3n) is 2.71. The maximum Gasteiger partial charge on any atom is 0.116 e. The van der Waals surface area contributed by atoms with E-state index in [0.717, 1.165) is 30.3 Å². The van der Waals surface area contributed by atoms with Gasteiger partial charge < -0.3 is 0 Å². The predicted octanol–water partition coefficient (Wildman–Crippen LogP) is 2.86. The molecule has 0 amide bonds. The van der Waals surface area contributed by atoms with Crippen molar-refractivity contribution in [3.8, 4) is 0 Å². The minimum Gasteiger partial charge on any atom is -0.197 e. The molecule has 0 bridgehead atoms. The van der Waals surface area contributed by atoms with E-state index in [2.05, 4.69) is 41.4 Å². The quantitative estimate of drug-likeness (QED) is 0.830. The first-order chi connectivity index (χ1) is 7.36. The van der Waals surface area contributed by atoms with Crippen molar-refractivity contribution in [2.24, 2.45) is 0 Å². The highest BCUT2D eigenvalue weighted by atomic mass is 15.3. The van der Waals surface area contributed by atoms with Gasteiger partial charge in [0.2, 0.25) is 0 Å². The molecule has 0 radical (unpaired) electrons. The standard InChI is InChI=1S/C12H17N3/c1-3-5-9-7-8-11-12(14-15-13-11)10(9)6-4-2/h7-8H,3-6H2,1-2H3,(H,13,14,15). The molecule has 1 heterocycles. The molecule has 0 aliphatic rings. The highest BCUT2D eigenvalue weighted by molar-refractivity contribution is 5.78. The largest absolute Gasteiger partial charge is 0.197 e. The van der Waals surface area contributed by atoms with Crippen LogP contribution in [0.15, 0.2) is 12.1 Å². The number of aromatic nitrogens is 3. The summed E-state index contributed by atoms with van der Waals surface area (Å²) in [6.07, 6.45) is 4.57. The zero-order valence-corrected chi connectivity index (χ0v) is 9.38. The van der Waals surface area contributed by atoms with Gasteiger partial charge in [0.25, 0.3) is 0 Å². The zero-order valence-electron chi connectivity index (χ0n) is 9.38. The molecule has 0 fully saturated rings. The number of benzene rings is 1. The van der Waals surface area contributed by atoms with Gasteiger partial charge in [-0.05, 0) is 30.0 Å². The van der Waals surface area contributed by atoms with Crippen LogP contribution in [0.5, 0.6) is 0 Å². The van der Waals surface area contributed by atoms with Gasteiger partial charge >= 0.3 is 0 Å². The van der Waals surface area contributed by atoms with Crippen molar-refractivity contribution in [3.63, 3.8) is 0 Å². The van der Waals surface area contributed by atoms with E-state index in [1.807, 2.05) is 0 Å². The van der Waals surface area contributed by atoms with Crippen LogP contribution in [0.25, 0.3) is 11.0 Å². The Balaban J connectivity index is 2.53. The van der Waals surface area contributed by atoms with Crippen LogP contribution in [-0.2, 0) is 12.8 Å². The van der Waals surface area contributed by atoms with Crippen molar-refractivity contribution in [1.29, 1.82) is 0 Å². The number of aromatic amines is 1. The molecule has 0 aliphatic heterocycles. The van der Waals surface area contributed by atoms with Crippen LogP contribution in [-0.4, -0.2) is 15.4 Å². The lowest BCUT2D eigenvalue weighted by atomic mass is 9.98. The van der Waals surface area contributed by atoms with Crippen LogP contribution in [0, 0.1) is 0 Å². The molecule has 0 spiro atoms. The molecule has 1 N–H and O–H groups in total. The van der Waals surface area contributed by atoms with Crippen molar-refractivity contribution in [1.82, 2.24) is 15.4 Å². The Kier molecular flexibility index (Phi) is 2.99. The lowest BCUT2D eigenvalue weighted by Crippen LogP contribution is -1.95. The van der Waals surface area contributed by atoms with Crippen molar-refractivity contribution in [2.45, 2.75) is 39.5 Å². The first kappa shape index (κ1) is 10.1. The molecule has 80 valence electrons. The molecule has 1 aromatic heterocycles. The Hall–Kier alpha value is -1.38. The van der Waals surface area contributed by atoms with Gasteiger partial charge in [-0.25, -0.2) is 0 Å². The number of hydrogen-bond acceptors (Lipinski definition) is 2. The Bertz CT molecular complexity index is 445. The molecule has 0 aliphatic carbocycles. The number of nitrogens with zero attached hydrogens (tertiary/aromatic N) is 2. The van der Waals surface area contributed by atoms with E-state index in [0.29, 0.717) is 0 Å². The number of aryl methyl sites for hydroxylation is 2. The summed E-state index contributed by atoms with van der Waals surface area (Å²) in [5, 5.41) is 11.1. The number of nitrogens with one attached hydrogen (secondary N) is 1. The SMILES string of the molecule is CCCc1ccc2n[nH]nc2c1CCC. The highest BCUT2D eigenvalue weighted by Gasteiger charge is 2.09. The summed E-state index contributed by atoms with van der Waals surface area (Å²) < 4.78 is 0. The summed E-state index contributed by atoms with van der Waals surface area (Å²) in [6.45, 7) is 4.41. The van der Waals surface area contributed by atoms with Crippen LogP contribution in [0.3, 0.4) is 0 Å². The van der Waals surface area contributed by atoms with E-state index < -0.39 is 0 Å². The number of hydrogen-bond donors (Lipinski definition) is 1. The summed E-state index contributed by atoms with van der Waals surface area (Å²) in [5.74, 6) is 0. The van der Waals surface area contributed by atoms with Crippen LogP contribution in [0.2, 0.25) is 0 Å². The van der Waals surface area contributed by atoms with Crippen LogP contribution in [0.1, 0.15) is 37.8 Å². The van der Waals surface area contributed by atoms with Gasteiger partial charge in [-0.1, -0.05) is 32.8 Å². The molecule has 0 saturated heterocycles. The third-order valence-corrected chi connectivity index (χ3v) is 2.71. The third kappa shape index (κ3) is 1.87. The summed E-state index contributed by atoms with van der Waals surface area (Å²) in [5.41, 5.74) is 4.85. The second kappa shape index (κ2) is 4.43. The Morgan fingerprint density at radius 2 is 1.87 bits per heavy atom. The lowest BCUT2D eigenvalue weighted by Gasteiger charge is -2.07. The van der Waals surface area contributed by atoms with E-state index >= 15 is 0 Å². The van der Waals surface area contributed by atoms with Gasteiger partial charge in [-0.3, -0.25) is 0 Å². The molecule has 0 atom stereocenters. The van der Waals surface area contributed by atoms with E-state index in [9.17, 15) is 0 Å². The molecule has 1 aromatic carbocycles. The monoisotopic (exact) mass is 203 g/mol. The van der Waals surface area contributed by atoms with Crippen LogP contribution < -0.4 is 0 Å². The fourth-order valence-corrected chi connectivity index (χ4v) is 2.04. The Morgan fingerprint density at radius 3 is 2.60 bits per heavy atom. The fourth-order valence-electron chi connectivity index (χ4n) is 2.04. The summed E-state index contributed by atoms with van der Waals surface area (Å²) >= 11 is 0. The molecule has 3 nitrogen and oxygen atoms in total. The smallest absolute Gasteiger partial charge is 0.116 e. The van der Waals surface area contributed by atoms with E-state index in [4.69, 9.17) is 0 Å².